The summed E-state index contributed by atoms with van der Waals surface area (Å²) in [7, 11) is 0. The van der Waals surface area contributed by atoms with E-state index in [0.29, 0.717) is 17.7 Å². The van der Waals surface area contributed by atoms with Crippen molar-refractivity contribution in [2.45, 2.75) is 12.5 Å². The average molecular weight is 246 g/mol. The molecule has 0 spiro atoms. The van der Waals surface area contributed by atoms with Crippen molar-refractivity contribution < 1.29 is 14.0 Å². The van der Waals surface area contributed by atoms with Crippen LogP contribution >= 0.6 is 0 Å². The van der Waals surface area contributed by atoms with Crippen LogP contribution in [0.1, 0.15) is 12.0 Å². The second-order valence-electron chi connectivity index (χ2n) is 3.77. The second kappa shape index (κ2) is 5.32. The molecule has 0 saturated heterocycles. The number of carbonyl (C=O) groups excluding carboxylic acids is 1. The summed E-state index contributed by atoms with van der Waals surface area (Å²) < 4.78 is 13.0. The first-order chi connectivity index (χ1) is 8.70. The number of hydrogen-bond acceptors (Lipinski definition) is 3. The van der Waals surface area contributed by atoms with Crippen molar-refractivity contribution in [3.63, 3.8) is 0 Å². The quantitative estimate of drug-likeness (QED) is 0.811. The predicted molar refractivity (Wildman–Crippen MR) is 64.3 cm³/mol. The van der Waals surface area contributed by atoms with Gasteiger partial charge in [-0.15, -0.1) is 6.42 Å². The van der Waals surface area contributed by atoms with Crippen molar-refractivity contribution in [2.24, 2.45) is 5.16 Å². The Labute approximate surface area is 104 Å². The lowest BCUT2D eigenvalue weighted by atomic mass is 10.0. The standard InChI is InChI=1S/C13H11FN2O2/c1-2-6-15-13(17)12-8-11(16-18-12)9-4-3-5-10(14)7-9/h1,3-5,7,12H,6,8H2,(H,15,17). The molecule has 0 radical (unpaired) electrons. The van der Waals surface area contributed by atoms with E-state index in [1.807, 2.05) is 0 Å². The van der Waals surface area contributed by atoms with Crippen LogP contribution in [0.4, 0.5) is 4.39 Å². The van der Waals surface area contributed by atoms with E-state index < -0.39 is 6.10 Å². The molecule has 1 aromatic carbocycles. The Kier molecular flexibility index (Phi) is 3.58. The zero-order valence-electron chi connectivity index (χ0n) is 9.52. The van der Waals surface area contributed by atoms with Crippen molar-refractivity contribution in [1.82, 2.24) is 5.32 Å². The lowest BCUT2D eigenvalue weighted by molar-refractivity contribution is -0.130. The van der Waals surface area contributed by atoms with Crippen LogP contribution in [-0.4, -0.2) is 24.3 Å². The minimum absolute atomic E-state index is 0.147. The maximum Gasteiger partial charge on any atom is 0.265 e. The fourth-order valence-corrected chi connectivity index (χ4v) is 1.61. The third kappa shape index (κ3) is 2.66. The Bertz CT molecular complexity index is 534. The molecule has 92 valence electrons. The van der Waals surface area contributed by atoms with Crippen molar-refractivity contribution >= 4 is 11.6 Å². The zero-order valence-corrected chi connectivity index (χ0v) is 9.52. The molecule has 4 nitrogen and oxygen atoms in total. The molecule has 0 fully saturated rings. The minimum atomic E-state index is -0.698. The van der Waals surface area contributed by atoms with Crippen molar-refractivity contribution in [3.8, 4) is 12.3 Å². The molecule has 2 rings (SSSR count). The number of halogens is 1. The van der Waals surface area contributed by atoms with E-state index in [4.69, 9.17) is 11.3 Å². The topological polar surface area (TPSA) is 50.7 Å². The summed E-state index contributed by atoms with van der Waals surface area (Å²) in [4.78, 5) is 16.6. The van der Waals surface area contributed by atoms with Crippen molar-refractivity contribution in [2.75, 3.05) is 6.54 Å². The number of benzene rings is 1. The van der Waals surface area contributed by atoms with Crippen LogP contribution in [0, 0.1) is 18.2 Å². The van der Waals surface area contributed by atoms with Gasteiger partial charge in [0, 0.05) is 12.0 Å². The van der Waals surface area contributed by atoms with Gasteiger partial charge in [0.15, 0.2) is 0 Å². The smallest absolute Gasteiger partial charge is 0.265 e. The van der Waals surface area contributed by atoms with E-state index >= 15 is 0 Å². The summed E-state index contributed by atoms with van der Waals surface area (Å²) in [5, 5.41) is 6.31. The number of amides is 1. The van der Waals surface area contributed by atoms with Crippen LogP contribution in [0.15, 0.2) is 29.4 Å². The summed E-state index contributed by atoms with van der Waals surface area (Å²) in [6.45, 7) is 0.147. The third-order valence-corrected chi connectivity index (χ3v) is 2.48. The van der Waals surface area contributed by atoms with Gasteiger partial charge in [-0.1, -0.05) is 23.2 Å². The van der Waals surface area contributed by atoms with E-state index in [-0.39, 0.29) is 18.3 Å². The first-order valence-corrected chi connectivity index (χ1v) is 5.40. The molecule has 1 amide bonds. The first kappa shape index (κ1) is 12.1. The number of nitrogens with one attached hydrogen (secondary N) is 1. The summed E-state index contributed by atoms with van der Waals surface area (Å²) in [5.41, 5.74) is 1.16. The lowest BCUT2D eigenvalue weighted by Crippen LogP contribution is -2.34. The number of nitrogens with zero attached hydrogens (tertiary/aromatic N) is 1. The fourth-order valence-electron chi connectivity index (χ4n) is 1.61. The molecule has 1 aliphatic heterocycles. The maximum atomic E-state index is 13.0. The molecule has 0 saturated carbocycles. The summed E-state index contributed by atoms with van der Waals surface area (Å²) in [6, 6.07) is 5.99. The van der Waals surface area contributed by atoms with Gasteiger partial charge in [-0.25, -0.2) is 4.39 Å². The largest absolute Gasteiger partial charge is 0.382 e. The molecule has 1 aromatic rings. The van der Waals surface area contributed by atoms with Gasteiger partial charge in [0.2, 0.25) is 6.10 Å². The minimum Gasteiger partial charge on any atom is -0.382 e. The van der Waals surface area contributed by atoms with E-state index in [1.54, 1.807) is 12.1 Å². The van der Waals surface area contributed by atoms with Crippen LogP contribution < -0.4 is 5.32 Å². The van der Waals surface area contributed by atoms with Gasteiger partial charge < -0.3 is 10.2 Å². The first-order valence-electron chi connectivity index (χ1n) is 5.40. The van der Waals surface area contributed by atoms with Gasteiger partial charge in [-0.3, -0.25) is 4.79 Å². The van der Waals surface area contributed by atoms with Gasteiger partial charge in [-0.05, 0) is 12.1 Å². The lowest BCUT2D eigenvalue weighted by Gasteiger charge is -2.06. The van der Waals surface area contributed by atoms with Crippen LogP contribution in [0.5, 0.6) is 0 Å². The Hall–Kier alpha value is -2.35. The highest BCUT2D eigenvalue weighted by atomic mass is 19.1. The summed E-state index contributed by atoms with van der Waals surface area (Å²) >= 11 is 0. The third-order valence-electron chi connectivity index (χ3n) is 2.48. The molecule has 18 heavy (non-hydrogen) atoms. The number of rotatable bonds is 3. The second-order valence-corrected chi connectivity index (χ2v) is 3.77. The molecule has 0 bridgehead atoms. The van der Waals surface area contributed by atoms with E-state index in [2.05, 4.69) is 16.4 Å². The van der Waals surface area contributed by atoms with E-state index in [1.165, 1.54) is 12.1 Å². The van der Waals surface area contributed by atoms with Crippen LogP contribution in [0.25, 0.3) is 0 Å². The highest BCUT2D eigenvalue weighted by Gasteiger charge is 2.28. The Morgan fingerprint density at radius 2 is 2.50 bits per heavy atom. The Balaban J connectivity index is 2.00. The molecular formula is C13H11FN2O2. The number of carbonyl (C=O) groups is 1. The van der Waals surface area contributed by atoms with Crippen molar-refractivity contribution in [3.05, 3.63) is 35.6 Å². The van der Waals surface area contributed by atoms with Crippen LogP contribution in [0.3, 0.4) is 0 Å². The molecule has 0 aromatic heterocycles. The van der Waals surface area contributed by atoms with Gasteiger partial charge in [0.05, 0.1) is 12.3 Å². The average Bonchev–Trinajstić information content (AvgIpc) is 2.85. The fraction of sp³-hybridized carbons (Fsp3) is 0.231. The number of hydrogen-bond donors (Lipinski definition) is 1. The monoisotopic (exact) mass is 246 g/mol. The SMILES string of the molecule is C#CCNC(=O)C1CC(c2cccc(F)c2)=NO1. The predicted octanol–water partition coefficient (Wildman–Crippen LogP) is 1.07. The van der Waals surface area contributed by atoms with E-state index in [0.717, 1.165) is 0 Å². The van der Waals surface area contributed by atoms with Crippen LogP contribution in [0.2, 0.25) is 0 Å². The molecule has 1 aliphatic rings. The molecule has 1 heterocycles. The highest BCUT2D eigenvalue weighted by molar-refractivity contribution is 6.04. The molecule has 1 unspecified atom stereocenters. The number of terminal acetylenes is 1. The van der Waals surface area contributed by atoms with Crippen LogP contribution in [-0.2, 0) is 9.63 Å². The highest BCUT2D eigenvalue weighted by Crippen LogP contribution is 2.17. The molecular weight excluding hydrogens is 235 g/mol. The number of oxime groups is 1. The van der Waals surface area contributed by atoms with E-state index in [9.17, 15) is 9.18 Å². The van der Waals surface area contributed by atoms with Crippen molar-refractivity contribution in [1.29, 1.82) is 0 Å². The van der Waals surface area contributed by atoms with Gasteiger partial charge >= 0.3 is 0 Å². The van der Waals surface area contributed by atoms with Gasteiger partial charge in [0.1, 0.15) is 5.82 Å². The van der Waals surface area contributed by atoms with Gasteiger partial charge in [0.25, 0.3) is 5.91 Å². The Morgan fingerprint density at radius 1 is 1.67 bits per heavy atom. The summed E-state index contributed by atoms with van der Waals surface area (Å²) in [5.74, 6) is 1.63. The molecule has 0 aliphatic carbocycles. The normalized spacial score (nSPS) is 17.6. The molecule has 1 N–H and O–H groups in total. The Morgan fingerprint density at radius 3 is 3.22 bits per heavy atom. The van der Waals surface area contributed by atoms with Gasteiger partial charge in [-0.2, -0.15) is 0 Å². The zero-order chi connectivity index (χ0) is 13.0. The summed E-state index contributed by atoms with van der Waals surface area (Å²) in [6.07, 6.45) is 4.64. The molecule has 5 heteroatoms. The molecule has 1 atom stereocenters. The maximum absolute atomic E-state index is 13.0.